The van der Waals surface area contributed by atoms with Crippen LogP contribution in [0.1, 0.15) is 32.4 Å². The van der Waals surface area contributed by atoms with Crippen molar-refractivity contribution in [3.63, 3.8) is 0 Å². The van der Waals surface area contributed by atoms with E-state index in [-0.39, 0.29) is 11.4 Å². The van der Waals surface area contributed by atoms with E-state index in [0.717, 1.165) is 5.39 Å². The molecule has 6 nitrogen and oxygen atoms in total. The van der Waals surface area contributed by atoms with E-state index in [1.165, 1.54) is 0 Å². The van der Waals surface area contributed by atoms with Crippen molar-refractivity contribution >= 4 is 28.3 Å². The van der Waals surface area contributed by atoms with Gasteiger partial charge in [-0.1, -0.05) is 25.4 Å². The van der Waals surface area contributed by atoms with Crippen LogP contribution < -0.4 is 10.9 Å². The highest BCUT2D eigenvalue weighted by Gasteiger charge is 2.18. The Bertz CT molecular complexity index is 1300. The minimum absolute atomic E-state index is 0.0767. The maximum Gasteiger partial charge on any atom is 0.253 e. The second-order valence-electron chi connectivity index (χ2n) is 7.96. The normalized spacial score (nSPS) is 12.5. The van der Waals surface area contributed by atoms with E-state index in [2.05, 4.69) is 34.2 Å². The number of benzene rings is 1. The second-order valence-corrected chi connectivity index (χ2v) is 8.40. The van der Waals surface area contributed by atoms with Crippen molar-refractivity contribution in [2.24, 2.45) is 5.92 Å². The van der Waals surface area contributed by atoms with Crippen molar-refractivity contribution in [3.05, 3.63) is 75.5 Å². The van der Waals surface area contributed by atoms with Gasteiger partial charge in [0.1, 0.15) is 0 Å². The zero-order valence-electron chi connectivity index (χ0n) is 17.5. The van der Waals surface area contributed by atoms with E-state index in [4.69, 9.17) is 11.6 Å². The number of rotatable bonds is 6. The SMILES string of the molecule is CC(C)Cn1nccc1-c1ccnc(NC(C)c2cc3cc(Cl)ccc3[nH]c2=O)c1F. The molecule has 0 aliphatic rings. The molecule has 0 fully saturated rings. The maximum atomic E-state index is 15.4. The molecule has 0 aliphatic carbocycles. The zero-order chi connectivity index (χ0) is 22.1. The van der Waals surface area contributed by atoms with Crippen molar-refractivity contribution in [1.82, 2.24) is 19.7 Å². The van der Waals surface area contributed by atoms with Crippen molar-refractivity contribution in [3.8, 4) is 11.3 Å². The number of anilines is 1. The first-order valence-corrected chi connectivity index (χ1v) is 10.5. The Morgan fingerprint density at radius 2 is 1.97 bits per heavy atom. The Balaban J connectivity index is 1.67. The van der Waals surface area contributed by atoms with Gasteiger partial charge in [0.15, 0.2) is 11.6 Å². The molecule has 4 rings (SSSR count). The monoisotopic (exact) mass is 439 g/mol. The highest BCUT2D eigenvalue weighted by Crippen LogP contribution is 2.28. The number of aromatic amines is 1. The molecule has 3 heterocycles. The summed E-state index contributed by atoms with van der Waals surface area (Å²) in [6, 6.07) is 9.94. The van der Waals surface area contributed by atoms with Gasteiger partial charge in [0, 0.05) is 46.0 Å². The topological polar surface area (TPSA) is 75.6 Å². The molecule has 31 heavy (non-hydrogen) atoms. The van der Waals surface area contributed by atoms with Gasteiger partial charge < -0.3 is 10.3 Å². The van der Waals surface area contributed by atoms with E-state index in [0.29, 0.717) is 39.8 Å². The molecule has 0 saturated heterocycles. The molecular weight excluding hydrogens is 417 g/mol. The molecule has 2 N–H and O–H groups in total. The third kappa shape index (κ3) is 4.32. The van der Waals surface area contributed by atoms with E-state index in [9.17, 15) is 4.79 Å². The molecule has 4 aromatic rings. The molecular formula is C23H23ClFN5O. The minimum Gasteiger partial charge on any atom is -0.361 e. The lowest BCUT2D eigenvalue weighted by Crippen LogP contribution is -2.20. The molecule has 8 heteroatoms. The van der Waals surface area contributed by atoms with Gasteiger partial charge in [-0.05, 0) is 49.2 Å². The fraction of sp³-hybridized carbons (Fsp3) is 0.261. The third-order valence-electron chi connectivity index (χ3n) is 5.07. The quantitative estimate of drug-likeness (QED) is 0.421. The predicted octanol–water partition coefficient (Wildman–Crippen LogP) is 5.41. The molecule has 0 radical (unpaired) electrons. The minimum atomic E-state index is -0.486. The van der Waals surface area contributed by atoms with E-state index < -0.39 is 11.9 Å². The van der Waals surface area contributed by atoms with Crippen molar-refractivity contribution in [2.45, 2.75) is 33.4 Å². The Morgan fingerprint density at radius 3 is 2.74 bits per heavy atom. The number of hydrogen-bond acceptors (Lipinski definition) is 4. The summed E-state index contributed by atoms with van der Waals surface area (Å²) in [7, 11) is 0. The molecule has 160 valence electrons. The number of H-pyrrole nitrogens is 1. The number of nitrogens with one attached hydrogen (secondary N) is 2. The molecule has 0 saturated carbocycles. The summed E-state index contributed by atoms with van der Waals surface area (Å²) in [6.07, 6.45) is 3.21. The average molecular weight is 440 g/mol. The van der Waals surface area contributed by atoms with E-state index >= 15 is 4.39 Å². The zero-order valence-corrected chi connectivity index (χ0v) is 18.2. The average Bonchev–Trinajstić information content (AvgIpc) is 3.16. The summed E-state index contributed by atoms with van der Waals surface area (Å²) < 4.78 is 17.2. The van der Waals surface area contributed by atoms with E-state index in [1.807, 2.05) is 0 Å². The lowest BCUT2D eigenvalue weighted by atomic mass is 10.1. The van der Waals surface area contributed by atoms with Crippen LogP contribution >= 0.6 is 11.6 Å². The van der Waals surface area contributed by atoms with Crippen LogP contribution in [-0.2, 0) is 6.54 Å². The summed E-state index contributed by atoms with van der Waals surface area (Å²) in [5, 5.41) is 8.73. The smallest absolute Gasteiger partial charge is 0.253 e. The van der Waals surface area contributed by atoms with Gasteiger partial charge in [0.05, 0.1) is 11.7 Å². The Kier molecular flexibility index (Phi) is 5.78. The molecule has 0 amide bonds. The van der Waals surface area contributed by atoms with Crippen LogP contribution in [0.5, 0.6) is 0 Å². The number of nitrogens with zero attached hydrogens (tertiary/aromatic N) is 3. The summed E-state index contributed by atoms with van der Waals surface area (Å²) in [4.78, 5) is 19.6. The number of pyridine rings is 2. The first-order chi connectivity index (χ1) is 14.8. The number of fused-ring (bicyclic) bond motifs is 1. The van der Waals surface area contributed by atoms with E-state index in [1.54, 1.807) is 60.4 Å². The second kappa shape index (κ2) is 8.51. The summed E-state index contributed by atoms with van der Waals surface area (Å²) in [6.45, 7) is 6.63. The predicted molar refractivity (Wildman–Crippen MR) is 122 cm³/mol. The van der Waals surface area contributed by atoms with Crippen LogP contribution in [0.2, 0.25) is 5.02 Å². The van der Waals surface area contributed by atoms with Crippen LogP contribution in [0.15, 0.2) is 53.6 Å². The number of halogens is 2. The largest absolute Gasteiger partial charge is 0.361 e. The van der Waals surface area contributed by atoms with Crippen LogP contribution in [0, 0.1) is 11.7 Å². The molecule has 1 aromatic carbocycles. The summed E-state index contributed by atoms with van der Waals surface area (Å²) in [5.74, 6) is -0.0395. The van der Waals surface area contributed by atoms with Gasteiger partial charge >= 0.3 is 0 Å². The lowest BCUT2D eigenvalue weighted by molar-refractivity contribution is 0.486. The maximum absolute atomic E-state index is 15.4. The van der Waals surface area contributed by atoms with Crippen LogP contribution in [0.3, 0.4) is 0 Å². The van der Waals surface area contributed by atoms with Crippen LogP contribution in [0.25, 0.3) is 22.2 Å². The van der Waals surface area contributed by atoms with Gasteiger partial charge in [-0.15, -0.1) is 0 Å². The first-order valence-electron chi connectivity index (χ1n) is 10.1. The molecule has 0 spiro atoms. The fourth-order valence-electron chi connectivity index (χ4n) is 3.59. The first kappa shape index (κ1) is 21.1. The standard InChI is InChI=1S/C23H23ClFN5O/c1-13(2)12-30-20(7-9-27-30)17-6-8-26-22(21(17)25)28-14(3)18-11-15-10-16(24)4-5-19(15)29-23(18)31/h4-11,13-14H,12H2,1-3H3,(H,26,28)(H,29,31). The van der Waals surface area contributed by atoms with Gasteiger partial charge in [-0.3, -0.25) is 9.48 Å². The Hall–Kier alpha value is -3.19. The van der Waals surface area contributed by atoms with Gasteiger partial charge in [0.25, 0.3) is 5.56 Å². The van der Waals surface area contributed by atoms with Crippen molar-refractivity contribution in [2.75, 3.05) is 5.32 Å². The van der Waals surface area contributed by atoms with Gasteiger partial charge in [0.2, 0.25) is 0 Å². The highest BCUT2D eigenvalue weighted by atomic mass is 35.5. The Morgan fingerprint density at radius 1 is 1.16 bits per heavy atom. The summed E-state index contributed by atoms with van der Waals surface area (Å²) >= 11 is 6.08. The number of hydrogen-bond donors (Lipinski definition) is 2. The third-order valence-corrected chi connectivity index (χ3v) is 5.31. The van der Waals surface area contributed by atoms with Crippen LogP contribution in [-0.4, -0.2) is 19.7 Å². The highest BCUT2D eigenvalue weighted by molar-refractivity contribution is 6.31. The van der Waals surface area contributed by atoms with Gasteiger partial charge in [-0.25, -0.2) is 9.37 Å². The lowest BCUT2D eigenvalue weighted by Gasteiger charge is -2.17. The molecule has 0 bridgehead atoms. The van der Waals surface area contributed by atoms with Crippen LogP contribution in [0.4, 0.5) is 10.2 Å². The van der Waals surface area contributed by atoms with Gasteiger partial charge in [-0.2, -0.15) is 5.10 Å². The Labute approximate surface area is 184 Å². The molecule has 3 aromatic heterocycles. The molecule has 1 atom stereocenters. The van der Waals surface area contributed by atoms with Crippen molar-refractivity contribution < 1.29 is 4.39 Å². The number of aromatic nitrogens is 4. The van der Waals surface area contributed by atoms with Crippen molar-refractivity contribution in [1.29, 1.82) is 0 Å². The fourth-order valence-corrected chi connectivity index (χ4v) is 3.77. The molecule has 0 aliphatic heterocycles. The molecule has 1 unspecified atom stereocenters. The summed E-state index contributed by atoms with van der Waals surface area (Å²) in [5.41, 5.74) is 1.99.